The van der Waals surface area contributed by atoms with E-state index in [0.717, 1.165) is 16.8 Å². The summed E-state index contributed by atoms with van der Waals surface area (Å²) in [5.74, 6) is 0. The molecular formula is C18H19ClN2O3. The highest BCUT2D eigenvalue weighted by Crippen LogP contribution is 2.38. The Kier molecular flexibility index (Phi) is 4.47. The zero-order chi connectivity index (χ0) is 17.3. The summed E-state index contributed by atoms with van der Waals surface area (Å²) in [5, 5.41) is 22.4. The molecule has 24 heavy (non-hydrogen) atoms. The highest BCUT2D eigenvalue weighted by Gasteiger charge is 2.35. The molecule has 0 unspecified atom stereocenters. The van der Waals surface area contributed by atoms with E-state index in [-0.39, 0.29) is 10.6 Å². The van der Waals surface area contributed by atoms with Gasteiger partial charge in [-0.3, -0.25) is 10.1 Å². The third-order valence-corrected chi connectivity index (χ3v) is 5.03. The highest BCUT2D eigenvalue weighted by molar-refractivity contribution is 6.31. The summed E-state index contributed by atoms with van der Waals surface area (Å²) in [6.07, 6.45) is 1.13. The average Bonchev–Trinajstić information content (AvgIpc) is 2.56. The number of nitro groups is 1. The summed E-state index contributed by atoms with van der Waals surface area (Å²) in [6, 6.07) is 12.3. The molecular weight excluding hydrogens is 328 g/mol. The van der Waals surface area contributed by atoms with Crippen LogP contribution in [0.25, 0.3) is 0 Å². The zero-order valence-corrected chi connectivity index (χ0v) is 14.2. The van der Waals surface area contributed by atoms with Crippen molar-refractivity contribution in [3.05, 3.63) is 68.7 Å². The second-order valence-electron chi connectivity index (χ2n) is 6.23. The molecule has 0 atom stereocenters. The van der Waals surface area contributed by atoms with Gasteiger partial charge in [-0.05, 0) is 37.5 Å². The summed E-state index contributed by atoms with van der Waals surface area (Å²) < 4.78 is 0. The lowest BCUT2D eigenvalue weighted by molar-refractivity contribution is -0.384. The molecule has 0 spiro atoms. The van der Waals surface area contributed by atoms with Crippen molar-refractivity contribution in [1.82, 2.24) is 0 Å². The molecule has 6 heteroatoms. The van der Waals surface area contributed by atoms with Crippen LogP contribution in [-0.4, -0.2) is 23.1 Å². The molecule has 1 saturated heterocycles. The smallest absolute Gasteiger partial charge is 0.269 e. The minimum atomic E-state index is -0.927. The van der Waals surface area contributed by atoms with E-state index in [1.807, 2.05) is 25.1 Å². The summed E-state index contributed by atoms with van der Waals surface area (Å²) in [7, 11) is 0. The fourth-order valence-corrected chi connectivity index (χ4v) is 3.65. The minimum absolute atomic E-state index is 0.0980. The standard InChI is InChI=1S/C18H19ClN2O3/c1-13-12-14(21(23)24)6-7-17(13)20-10-8-18(22,9-11-20)15-4-2-3-5-16(15)19/h2-7,12,22H,8-11H2,1H3. The van der Waals surface area contributed by atoms with Crippen molar-refractivity contribution < 1.29 is 10.0 Å². The van der Waals surface area contributed by atoms with Crippen LogP contribution < -0.4 is 4.90 Å². The molecule has 5 nitrogen and oxygen atoms in total. The van der Waals surface area contributed by atoms with Gasteiger partial charge in [0, 0.05) is 41.5 Å². The van der Waals surface area contributed by atoms with Crippen LogP contribution in [0.2, 0.25) is 5.02 Å². The number of piperidine rings is 1. The number of aryl methyl sites for hydroxylation is 1. The topological polar surface area (TPSA) is 66.6 Å². The summed E-state index contributed by atoms with van der Waals surface area (Å²) in [5.41, 5.74) is 1.78. The molecule has 0 aliphatic carbocycles. The second-order valence-corrected chi connectivity index (χ2v) is 6.63. The molecule has 3 rings (SSSR count). The van der Waals surface area contributed by atoms with Gasteiger partial charge in [0.25, 0.3) is 5.69 Å². The Labute approximate surface area is 145 Å². The number of nitrogens with zero attached hydrogens (tertiary/aromatic N) is 2. The highest BCUT2D eigenvalue weighted by atomic mass is 35.5. The monoisotopic (exact) mass is 346 g/mol. The van der Waals surface area contributed by atoms with Crippen LogP contribution >= 0.6 is 11.6 Å². The molecule has 1 N–H and O–H groups in total. The van der Waals surface area contributed by atoms with Crippen LogP contribution in [0.1, 0.15) is 24.0 Å². The SMILES string of the molecule is Cc1cc([N+](=O)[O-])ccc1N1CCC(O)(c2ccccc2Cl)CC1. The molecule has 126 valence electrons. The van der Waals surface area contributed by atoms with Crippen molar-refractivity contribution in [1.29, 1.82) is 0 Å². The Morgan fingerprint density at radius 1 is 1.21 bits per heavy atom. The van der Waals surface area contributed by atoms with E-state index in [0.29, 0.717) is 31.0 Å². The van der Waals surface area contributed by atoms with E-state index in [4.69, 9.17) is 11.6 Å². The van der Waals surface area contributed by atoms with Crippen LogP contribution in [0.5, 0.6) is 0 Å². The maximum absolute atomic E-state index is 11.0. The second kappa shape index (κ2) is 6.42. The van der Waals surface area contributed by atoms with Crippen LogP contribution in [0.4, 0.5) is 11.4 Å². The molecule has 0 amide bonds. The number of hydrogen-bond acceptors (Lipinski definition) is 4. The number of rotatable bonds is 3. The third kappa shape index (κ3) is 3.09. The van der Waals surface area contributed by atoms with Gasteiger partial charge in [-0.25, -0.2) is 0 Å². The Hall–Kier alpha value is -2.11. The van der Waals surface area contributed by atoms with Gasteiger partial charge in [0.1, 0.15) is 0 Å². The van der Waals surface area contributed by atoms with Crippen molar-refractivity contribution in [2.24, 2.45) is 0 Å². The normalized spacial score (nSPS) is 16.9. The molecule has 2 aromatic carbocycles. The Morgan fingerprint density at radius 2 is 1.88 bits per heavy atom. The fourth-order valence-electron chi connectivity index (χ4n) is 3.33. The predicted molar refractivity (Wildman–Crippen MR) is 94.6 cm³/mol. The third-order valence-electron chi connectivity index (χ3n) is 4.70. The summed E-state index contributed by atoms with van der Waals surface area (Å²) >= 11 is 6.24. The lowest BCUT2D eigenvalue weighted by atomic mass is 9.84. The van der Waals surface area contributed by atoms with Gasteiger partial charge in [-0.1, -0.05) is 29.8 Å². The number of hydrogen-bond donors (Lipinski definition) is 1. The van der Waals surface area contributed by atoms with Gasteiger partial charge in [-0.2, -0.15) is 0 Å². The Bertz CT molecular complexity index is 771. The van der Waals surface area contributed by atoms with Gasteiger partial charge < -0.3 is 10.0 Å². The zero-order valence-electron chi connectivity index (χ0n) is 13.4. The number of aliphatic hydroxyl groups is 1. The van der Waals surface area contributed by atoms with Crippen molar-refractivity contribution >= 4 is 23.0 Å². The van der Waals surface area contributed by atoms with Crippen LogP contribution in [0, 0.1) is 17.0 Å². The lowest BCUT2D eigenvalue weighted by Gasteiger charge is -2.40. The first-order valence-corrected chi connectivity index (χ1v) is 8.26. The number of non-ortho nitro benzene ring substituents is 1. The van der Waals surface area contributed by atoms with Gasteiger partial charge >= 0.3 is 0 Å². The maximum Gasteiger partial charge on any atom is 0.269 e. The Morgan fingerprint density at radius 3 is 2.46 bits per heavy atom. The van der Waals surface area contributed by atoms with Crippen LogP contribution in [0.3, 0.4) is 0 Å². The molecule has 0 bridgehead atoms. The van der Waals surface area contributed by atoms with Gasteiger partial charge in [0.15, 0.2) is 0 Å². The molecule has 0 radical (unpaired) electrons. The van der Waals surface area contributed by atoms with E-state index >= 15 is 0 Å². The van der Waals surface area contributed by atoms with E-state index in [2.05, 4.69) is 4.90 Å². The lowest BCUT2D eigenvalue weighted by Crippen LogP contribution is -2.43. The molecule has 1 aliphatic rings. The molecule has 1 heterocycles. The minimum Gasteiger partial charge on any atom is -0.385 e. The van der Waals surface area contributed by atoms with Crippen molar-refractivity contribution in [2.45, 2.75) is 25.4 Å². The van der Waals surface area contributed by atoms with Gasteiger partial charge in [-0.15, -0.1) is 0 Å². The van der Waals surface area contributed by atoms with Gasteiger partial charge in [0.05, 0.1) is 10.5 Å². The van der Waals surface area contributed by atoms with Crippen molar-refractivity contribution in [3.8, 4) is 0 Å². The molecule has 0 saturated carbocycles. The van der Waals surface area contributed by atoms with E-state index in [1.54, 1.807) is 18.2 Å². The first kappa shape index (κ1) is 16.7. The predicted octanol–water partition coefficient (Wildman–Crippen LogP) is 4.04. The van der Waals surface area contributed by atoms with Crippen LogP contribution in [-0.2, 0) is 5.60 Å². The van der Waals surface area contributed by atoms with E-state index in [1.165, 1.54) is 6.07 Å². The average molecular weight is 347 g/mol. The van der Waals surface area contributed by atoms with Crippen molar-refractivity contribution in [3.63, 3.8) is 0 Å². The fraction of sp³-hybridized carbons (Fsp3) is 0.333. The molecule has 0 aromatic heterocycles. The molecule has 1 aliphatic heterocycles. The van der Waals surface area contributed by atoms with Gasteiger partial charge in [0.2, 0.25) is 0 Å². The summed E-state index contributed by atoms with van der Waals surface area (Å²) in [4.78, 5) is 12.6. The quantitative estimate of drug-likeness (QED) is 0.672. The molecule has 2 aromatic rings. The number of halogens is 1. The first-order valence-electron chi connectivity index (χ1n) is 7.88. The number of benzene rings is 2. The number of anilines is 1. The summed E-state index contributed by atoms with van der Waals surface area (Å²) in [6.45, 7) is 3.21. The largest absolute Gasteiger partial charge is 0.385 e. The Balaban J connectivity index is 1.78. The molecule has 1 fully saturated rings. The maximum atomic E-state index is 11.0. The van der Waals surface area contributed by atoms with E-state index < -0.39 is 5.60 Å². The van der Waals surface area contributed by atoms with E-state index in [9.17, 15) is 15.2 Å². The number of nitro benzene ring substituents is 1. The van der Waals surface area contributed by atoms with Crippen molar-refractivity contribution in [2.75, 3.05) is 18.0 Å². The van der Waals surface area contributed by atoms with Crippen LogP contribution in [0.15, 0.2) is 42.5 Å². The first-order chi connectivity index (χ1) is 11.4.